The second-order valence-corrected chi connectivity index (χ2v) is 4.73. The van der Waals surface area contributed by atoms with Crippen LogP contribution >= 0.6 is 0 Å². The van der Waals surface area contributed by atoms with Crippen molar-refractivity contribution in [1.82, 2.24) is 0 Å². The smallest absolute Gasteiger partial charge is 0.237 e. The van der Waals surface area contributed by atoms with Crippen LogP contribution in [0.4, 0.5) is 0 Å². The quantitative estimate of drug-likeness (QED) is 0.810. The van der Waals surface area contributed by atoms with Crippen molar-refractivity contribution in [2.24, 2.45) is 11.5 Å². The van der Waals surface area contributed by atoms with Gasteiger partial charge in [-0.3, -0.25) is 4.79 Å². The second kappa shape index (κ2) is 5.19. The molecule has 0 radical (unpaired) electrons. The second-order valence-electron chi connectivity index (χ2n) is 4.73. The molecule has 0 aliphatic heterocycles. The first kappa shape index (κ1) is 13.5. The third-order valence-electron chi connectivity index (χ3n) is 2.60. The largest absolute Gasteiger partial charge is 0.491 e. The van der Waals surface area contributed by atoms with Crippen molar-refractivity contribution in [3.05, 3.63) is 29.8 Å². The first-order valence-corrected chi connectivity index (χ1v) is 5.63. The number of nitrogens with two attached hydrogens (primary N) is 2. The van der Waals surface area contributed by atoms with Crippen LogP contribution in [0, 0.1) is 6.92 Å². The lowest BCUT2D eigenvalue weighted by Gasteiger charge is -2.25. The average Bonchev–Trinajstić information content (AvgIpc) is 2.15. The lowest BCUT2D eigenvalue weighted by molar-refractivity contribution is -0.123. The summed E-state index contributed by atoms with van der Waals surface area (Å²) in [6, 6.07) is 7.73. The molecule has 0 saturated heterocycles. The number of ether oxygens (including phenoxy) is 1. The Hall–Kier alpha value is -1.55. The molecule has 0 saturated carbocycles. The fourth-order valence-corrected chi connectivity index (χ4v) is 1.66. The third-order valence-corrected chi connectivity index (χ3v) is 2.60. The number of carbonyl (C=O) groups is 1. The number of primary amides is 1. The first-order chi connectivity index (χ1) is 7.81. The van der Waals surface area contributed by atoms with Crippen molar-refractivity contribution >= 4 is 5.91 Å². The van der Waals surface area contributed by atoms with Crippen molar-refractivity contribution in [2.45, 2.75) is 38.8 Å². The molecule has 4 nitrogen and oxygen atoms in total. The highest BCUT2D eigenvalue weighted by Crippen LogP contribution is 2.18. The number of rotatable bonds is 5. The minimum atomic E-state index is -1.04. The van der Waals surface area contributed by atoms with Gasteiger partial charge < -0.3 is 16.2 Å². The predicted molar refractivity (Wildman–Crippen MR) is 67.7 cm³/mol. The molecule has 1 aromatic carbocycles. The summed E-state index contributed by atoms with van der Waals surface area (Å²) < 4.78 is 5.69. The summed E-state index contributed by atoms with van der Waals surface area (Å²) in [7, 11) is 0. The zero-order valence-corrected chi connectivity index (χ0v) is 10.6. The fraction of sp³-hybridized carbons (Fsp3) is 0.462. The summed E-state index contributed by atoms with van der Waals surface area (Å²) in [4.78, 5) is 11.1. The van der Waals surface area contributed by atoms with E-state index in [9.17, 15) is 4.79 Å². The standard InChI is InChI=1S/C13H20N2O2/c1-9-5-4-6-11(7-9)17-10(2)8-13(3,15)12(14)16/h4-7,10H,8,15H2,1-3H3,(H2,14,16). The maximum Gasteiger partial charge on any atom is 0.237 e. The van der Waals surface area contributed by atoms with E-state index in [1.807, 2.05) is 38.1 Å². The van der Waals surface area contributed by atoms with E-state index in [0.29, 0.717) is 6.42 Å². The van der Waals surface area contributed by atoms with Crippen LogP contribution in [0.5, 0.6) is 5.75 Å². The van der Waals surface area contributed by atoms with E-state index in [2.05, 4.69) is 0 Å². The van der Waals surface area contributed by atoms with Crippen molar-refractivity contribution in [3.63, 3.8) is 0 Å². The molecule has 0 aromatic heterocycles. The van der Waals surface area contributed by atoms with Gasteiger partial charge in [0, 0.05) is 6.42 Å². The molecule has 1 amide bonds. The van der Waals surface area contributed by atoms with Crippen LogP contribution in [0.25, 0.3) is 0 Å². The molecule has 4 heteroatoms. The number of amides is 1. The summed E-state index contributed by atoms with van der Waals surface area (Å²) in [6.07, 6.45) is 0.218. The number of aryl methyl sites for hydroxylation is 1. The molecule has 0 bridgehead atoms. The Bertz CT molecular complexity index is 402. The maximum absolute atomic E-state index is 11.1. The summed E-state index contributed by atoms with van der Waals surface area (Å²) >= 11 is 0. The summed E-state index contributed by atoms with van der Waals surface area (Å²) in [5, 5.41) is 0. The van der Waals surface area contributed by atoms with Crippen molar-refractivity contribution in [3.8, 4) is 5.75 Å². The van der Waals surface area contributed by atoms with Gasteiger partial charge in [-0.25, -0.2) is 0 Å². The summed E-state index contributed by atoms with van der Waals surface area (Å²) in [5.41, 5.74) is 11.1. The van der Waals surface area contributed by atoms with Crippen LogP contribution in [-0.2, 0) is 4.79 Å². The zero-order valence-electron chi connectivity index (χ0n) is 10.6. The normalized spacial score (nSPS) is 16.0. The Balaban J connectivity index is 2.61. The van der Waals surface area contributed by atoms with Gasteiger partial charge in [0.2, 0.25) is 5.91 Å². The van der Waals surface area contributed by atoms with E-state index < -0.39 is 11.4 Å². The van der Waals surface area contributed by atoms with E-state index in [-0.39, 0.29) is 6.10 Å². The van der Waals surface area contributed by atoms with Gasteiger partial charge >= 0.3 is 0 Å². The van der Waals surface area contributed by atoms with E-state index in [4.69, 9.17) is 16.2 Å². The van der Waals surface area contributed by atoms with E-state index in [0.717, 1.165) is 11.3 Å². The number of hydrogen-bond acceptors (Lipinski definition) is 3. The number of benzene rings is 1. The molecule has 0 heterocycles. The zero-order chi connectivity index (χ0) is 13.1. The van der Waals surface area contributed by atoms with Crippen molar-refractivity contribution in [1.29, 1.82) is 0 Å². The molecular weight excluding hydrogens is 216 g/mol. The Labute approximate surface area is 102 Å². The number of carbonyl (C=O) groups excluding carboxylic acids is 1. The Kier molecular flexibility index (Phi) is 4.12. The molecule has 4 N–H and O–H groups in total. The minimum absolute atomic E-state index is 0.167. The van der Waals surface area contributed by atoms with Crippen LogP contribution in [0.1, 0.15) is 25.8 Å². The van der Waals surface area contributed by atoms with Crippen LogP contribution in [0.15, 0.2) is 24.3 Å². The SMILES string of the molecule is Cc1cccc(OC(C)CC(C)(N)C(N)=O)c1. The first-order valence-electron chi connectivity index (χ1n) is 5.63. The topological polar surface area (TPSA) is 78.3 Å². The lowest BCUT2D eigenvalue weighted by Crippen LogP contribution is -2.51. The Morgan fingerprint density at radius 3 is 2.71 bits per heavy atom. The maximum atomic E-state index is 11.1. The predicted octanol–water partition coefficient (Wildman–Crippen LogP) is 1.36. The van der Waals surface area contributed by atoms with Gasteiger partial charge in [0.15, 0.2) is 0 Å². The number of hydrogen-bond donors (Lipinski definition) is 2. The molecule has 0 spiro atoms. The molecule has 2 unspecified atom stereocenters. The molecule has 17 heavy (non-hydrogen) atoms. The molecule has 1 rings (SSSR count). The Morgan fingerprint density at radius 1 is 1.53 bits per heavy atom. The van der Waals surface area contributed by atoms with Crippen LogP contribution in [0.2, 0.25) is 0 Å². The fourth-order valence-electron chi connectivity index (χ4n) is 1.66. The van der Waals surface area contributed by atoms with Gasteiger partial charge in [-0.2, -0.15) is 0 Å². The summed E-state index contributed by atoms with van der Waals surface area (Å²) in [6.45, 7) is 5.48. The van der Waals surface area contributed by atoms with Gasteiger partial charge in [0.25, 0.3) is 0 Å². The summed E-state index contributed by atoms with van der Waals surface area (Å²) in [5.74, 6) is 0.259. The molecule has 0 aliphatic rings. The van der Waals surface area contributed by atoms with Gasteiger partial charge in [0.1, 0.15) is 5.75 Å². The van der Waals surface area contributed by atoms with Gasteiger partial charge in [-0.15, -0.1) is 0 Å². The highest BCUT2D eigenvalue weighted by atomic mass is 16.5. The minimum Gasteiger partial charge on any atom is -0.491 e. The van der Waals surface area contributed by atoms with Crippen LogP contribution in [0.3, 0.4) is 0 Å². The lowest BCUT2D eigenvalue weighted by atomic mass is 9.95. The molecular formula is C13H20N2O2. The highest BCUT2D eigenvalue weighted by molar-refractivity contribution is 5.83. The van der Waals surface area contributed by atoms with Crippen LogP contribution < -0.4 is 16.2 Å². The van der Waals surface area contributed by atoms with Gasteiger partial charge in [-0.05, 0) is 38.5 Å². The van der Waals surface area contributed by atoms with Gasteiger partial charge in [-0.1, -0.05) is 12.1 Å². The van der Waals surface area contributed by atoms with E-state index in [1.54, 1.807) is 6.92 Å². The van der Waals surface area contributed by atoms with Crippen molar-refractivity contribution < 1.29 is 9.53 Å². The van der Waals surface area contributed by atoms with Crippen LogP contribution in [-0.4, -0.2) is 17.6 Å². The average molecular weight is 236 g/mol. The molecule has 0 fully saturated rings. The molecule has 1 aromatic rings. The highest BCUT2D eigenvalue weighted by Gasteiger charge is 2.28. The van der Waals surface area contributed by atoms with E-state index >= 15 is 0 Å². The van der Waals surface area contributed by atoms with E-state index in [1.165, 1.54) is 0 Å². The Morgan fingerprint density at radius 2 is 2.18 bits per heavy atom. The molecule has 94 valence electrons. The van der Waals surface area contributed by atoms with Crippen molar-refractivity contribution in [2.75, 3.05) is 0 Å². The van der Waals surface area contributed by atoms with Gasteiger partial charge in [0.05, 0.1) is 11.6 Å². The molecule has 0 aliphatic carbocycles. The monoisotopic (exact) mass is 236 g/mol. The molecule has 2 atom stereocenters. The third kappa shape index (κ3) is 4.07.